The van der Waals surface area contributed by atoms with Crippen molar-refractivity contribution >= 4 is 11.8 Å². The number of fused-ring (bicyclic) bond motifs is 3. The van der Waals surface area contributed by atoms with Crippen LogP contribution in [0, 0.1) is 0 Å². The van der Waals surface area contributed by atoms with Gasteiger partial charge in [0.2, 0.25) is 5.91 Å². The van der Waals surface area contributed by atoms with E-state index in [1.165, 1.54) is 0 Å². The third kappa shape index (κ3) is 2.54. The van der Waals surface area contributed by atoms with E-state index in [2.05, 4.69) is 0 Å². The molecule has 5 heteroatoms. The van der Waals surface area contributed by atoms with Crippen molar-refractivity contribution in [2.45, 2.75) is 19.9 Å². The van der Waals surface area contributed by atoms with Crippen LogP contribution < -0.4 is 5.73 Å². The van der Waals surface area contributed by atoms with Crippen LogP contribution in [-0.2, 0) is 4.79 Å². The Labute approximate surface area is 119 Å². The molecule has 2 amide bonds. The van der Waals surface area contributed by atoms with Crippen LogP contribution in [0.1, 0.15) is 35.8 Å². The Balaban J connectivity index is 0.000000452. The molecule has 0 aliphatic carbocycles. The summed E-state index contributed by atoms with van der Waals surface area (Å²) in [6.45, 7) is 6.14. The fraction of sp³-hybridized carbons (Fsp3) is 0.467. The lowest BCUT2D eigenvalue weighted by atomic mass is 10.0. The number of carbonyl (C=O) groups is 2. The van der Waals surface area contributed by atoms with E-state index in [1.807, 2.05) is 41.0 Å². The number of amides is 2. The van der Waals surface area contributed by atoms with Crippen LogP contribution in [0.5, 0.6) is 0 Å². The topological polar surface area (TPSA) is 66.6 Å². The minimum atomic E-state index is 0.0522. The molecule has 1 fully saturated rings. The third-order valence-electron chi connectivity index (χ3n) is 3.64. The summed E-state index contributed by atoms with van der Waals surface area (Å²) >= 11 is 0. The number of hydrogen-bond acceptors (Lipinski definition) is 3. The quantitative estimate of drug-likeness (QED) is 0.768. The minimum absolute atomic E-state index is 0.0522. The zero-order valence-electron chi connectivity index (χ0n) is 12.0. The normalized spacial score (nSPS) is 19.9. The molecule has 108 valence electrons. The molecule has 1 aromatic rings. The Morgan fingerprint density at radius 1 is 1.35 bits per heavy atom. The molecule has 2 aliphatic rings. The summed E-state index contributed by atoms with van der Waals surface area (Å²) in [5.74, 6) is 0.190. The number of nitrogens with zero attached hydrogens (tertiary/aromatic N) is 2. The van der Waals surface area contributed by atoms with Gasteiger partial charge >= 0.3 is 0 Å². The smallest absolute Gasteiger partial charge is 0.254 e. The average Bonchev–Trinajstić information content (AvgIpc) is 2.73. The summed E-state index contributed by atoms with van der Waals surface area (Å²) in [5.41, 5.74) is 6.70. The molecular weight excluding hydrogens is 254 g/mol. The molecular formula is C15H21N3O2. The maximum absolute atomic E-state index is 12.1. The molecule has 1 unspecified atom stereocenters. The summed E-state index contributed by atoms with van der Waals surface area (Å²) in [4.78, 5) is 27.2. The molecule has 1 atom stereocenters. The minimum Gasteiger partial charge on any atom is -0.339 e. The van der Waals surface area contributed by atoms with E-state index in [4.69, 9.17) is 5.73 Å². The Bertz CT molecular complexity index is 516. The molecule has 5 nitrogen and oxygen atoms in total. The molecule has 0 saturated carbocycles. The molecule has 0 radical (unpaired) electrons. The molecule has 20 heavy (non-hydrogen) atoms. The zero-order chi connectivity index (χ0) is 14.7. The van der Waals surface area contributed by atoms with Gasteiger partial charge in [0.1, 0.15) is 0 Å². The number of carbonyl (C=O) groups excluding carboxylic acids is 2. The van der Waals surface area contributed by atoms with Gasteiger partial charge in [0.25, 0.3) is 5.91 Å². The highest BCUT2D eigenvalue weighted by Gasteiger charge is 2.40. The predicted molar refractivity (Wildman–Crippen MR) is 77.2 cm³/mol. The first-order valence-electron chi connectivity index (χ1n) is 6.95. The fourth-order valence-electron chi connectivity index (χ4n) is 2.72. The van der Waals surface area contributed by atoms with E-state index in [0.717, 1.165) is 17.7 Å². The Morgan fingerprint density at radius 3 is 2.65 bits per heavy atom. The maximum Gasteiger partial charge on any atom is 0.254 e. The molecule has 0 bridgehead atoms. The summed E-state index contributed by atoms with van der Waals surface area (Å²) in [6.07, 6.45) is 0. The summed E-state index contributed by atoms with van der Waals surface area (Å²) in [6, 6.07) is 7.74. The summed E-state index contributed by atoms with van der Waals surface area (Å²) < 4.78 is 0. The highest BCUT2D eigenvalue weighted by molar-refractivity contribution is 5.99. The fourth-order valence-corrected chi connectivity index (χ4v) is 2.72. The van der Waals surface area contributed by atoms with Gasteiger partial charge in [-0.05, 0) is 18.2 Å². The van der Waals surface area contributed by atoms with Crippen LogP contribution in [-0.4, -0.2) is 47.8 Å². The first kappa shape index (κ1) is 14.5. The van der Waals surface area contributed by atoms with Crippen LogP contribution in [0.15, 0.2) is 24.3 Å². The van der Waals surface area contributed by atoms with E-state index in [1.54, 1.807) is 6.92 Å². The van der Waals surface area contributed by atoms with Gasteiger partial charge in [0.15, 0.2) is 0 Å². The molecule has 1 aromatic carbocycles. The van der Waals surface area contributed by atoms with Gasteiger partial charge < -0.3 is 15.5 Å². The molecule has 0 spiro atoms. The van der Waals surface area contributed by atoms with Crippen molar-refractivity contribution in [3.05, 3.63) is 35.4 Å². The summed E-state index contributed by atoms with van der Waals surface area (Å²) in [5, 5.41) is 0. The van der Waals surface area contributed by atoms with Crippen molar-refractivity contribution in [3.8, 4) is 0 Å². The lowest BCUT2D eigenvalue weighted by molar-refractivity contribution is -0.131. The Morgan fingerprint density at radius 2 is 2.00 bits per heavy atom. The van der Waals surface area contributed by atoms with Gasteiger partial charge in [0, 0.05) is 32.1 Å². The number of rotatable bonds is 0. The number of nitrogens with two attached hydrogens (primary N) is 1. The highest BCUT2D eigenvalue weighted by Crippen LogP contribution is 2.35. The SMILES string of the molecule is CC(=O)N1CCN2C(=O)c3ccccc3C2C1.CCN. The van der Waals surface area contributed by atoms with Crippen LogP contribution >= 0.6 is 0 Å². The summed E-state index contributed by atoms with van der Waals surface area (Å²) in [7, 11) is 0. The molecule has 2 aliphatic heterocycles. The molecule has 1 saturated heterocycles. The van der Waals surface area contributed by atoms with Crippen molar-refractivity contribution in [1.29, 1.82) is 0 Å². The predicted octanol–water partition coefficient (Wildman–Crippen LogP) is 1.01. The van der Waals surface area contributed by atoms with Crippen molar-refractivity contribution in [1.82, 2.24) is 9.80 Å². The van der Waals surface area contributed by atoms with Crippen molar-refractivity contribution in [2.24, 2.45) is 5.73 Å². The van der Waals surface area contributed by atoms with Crippen LogP contribution in [0.4, 0.5) is 0 Å². The maximum atomic E-state index is 12.1. The van der Waals surface area contributed by atoms with Gasteiger partial charge in [-0.25, -0.2) is 0 Å². The first-order chi connectivity index (χ1) is 9.60. The van der Waals surface area contributed by atoms with Crippen LogP contribution in [0.2, 0.25) is 0 Å². The second kappa shape index (κ2) is 6.05. The van der Waals surface area contributed by atoms with E-state index < -0.39 is 0 Å². The van der Waals surface area contributed by atoms with Gasteiger partial charge in [-0.1, -0.05) is 25.1 Å². The number of hydrogen-bond donors (Lipinski definition) is 1. The van der Waals surface area contributed by atoms with Crippen molar-refractivity contribution < 1.29 is 9.59 Å². The number of benzene rings is 1. The lowest BCUT2D eigenvalue weighted by Crippen LogP contribution is -2.48. The molecule has 3 rings (SSSR count). The van der Waals surface area contributed by atoms with Crippen molar-refractivity contribution in [2.75, 3.05) is 26.2 Å². The molecule has 0 aromatic heterocycles. The first-order valence-corrected chi connectivity index (χ1v) is 6.95. The zero-order valence-corrected chi connectivity index (χ0v) is 12.0. The van der Waals surface area contributed by atoms with Gasteiger partial charge in [-0.3, -0.25) is 9.59 Å². The largest absolute Gasteiger partial charge is 0.339 e. The monoisotopic (exact) mass is 275 g/mol. The van der Waals surface area contributed by atoms with E-state index in [9.17, 15) is 9.59 Å². The highest BCUT2D eigenvalue weighted by atomic mass is 16.2. The second-order valence-corrected chi connectivity index (χ2v) is 4.97. The van der Waals surface area contributed by atoms with Crippen molar-refractivity contribution in [3.63, 3.8) is 0 Å². The van der Waals surface area contributed by atoms with E-state index >= 15 is 0 Å². The molecule has 2 heterocycles. The second-order valence-electron chi connectivity index (χ2n) is 4.97. The standard InChI is InChI=1S/C13H14N2O2.C2H7N/c1-9(16)14-6-7-15-12(8-14)10-4-2-3-5-11(10)13(15)17;1-2-3/h2-5,12H,6-8H2,1H3;2-3H2,1H3. The van der Waals surface area contributed by atoms with Crippen LogP contribution in [0.3, 0.4) is 0 Å². The average molecular weight is 275 g/mol. The van der Waals surface area contributed by atoms with E-state index in [-0.39, 0.29) is 17.9 Å². The van der Waals surface area contributed by atoms with E-state index in [0.29, 0.717) is 19.6 Å². The Hall–Kier alpha value is -1.88. The van der Waals surface area contributed by atoms with Gasteiger partial charge in [-0.15, -0.1) is 0 Å². The van der Waals surface area contributed by atoms with Gasteiger partial charge in [-0.2, -0.15) is 0 Å². The third-order valence-corrected chi connectivity index (χ3v) is 3.64. The van der Waals surface area contributed by atoms with Gasteiger partial charge in [0.05, 0.1) is 6.04 Å². The molecule has 2 N–H and O–H groups in total. The lowest BCUT2D eigenvalue weighted by Gasteiger charge is -2.37. The number of piperazine rings is 1. The Kier molecular flexibility index (Phi) is 4.39. The van der Waals surface area contributed by atoms with Crippen LogP contribution in [0.25, 0.3) is 0 Å².